The zero-order chi connectivity index (χ0) is 20.8. The fraction of sp³-hybridized carbons (Fsp3) is 0.579. The van der Waals surface area contributed by atoms with Crippen LogP contribution >= 0.6 is 0 Å². The van der Waals surface area contributed by atoms with E-state index in [0.29, 0.717) is 62.7 Å². The van der Waals surface area contributed by atoms with Crippen LogP contribution in [0.1, 0.15) is 25.3 Å². The van der Waals surface area contributed by atoms with E-state index in [4.69, 9.17) is 9.47 Å². The second-order valence-electron chi connectivity index (χ2n) is 7.57. The summed E-state index contributed by atoms with van der Waals surface area (Å²) in [5.41, 5.74) is 0.943. The first-order chi connectivity index (χ1) is 13.8. The standard InChI is InChI=1S/C19H25N3O6S/c1-12-10-14-16(28-13(2)18(23)20-14)11-17(12)29(25,26)22-5-3-4-15(22)19(24)21-6-8-27-9-7-21/h10-11,13,15H,3-9H2,1-2H3,(H,20,23)/t13-,15-/m1/s1. The number of fused-ring (bicyclic) bond motifs is 1. The fourth-order valence-electron chi connectivity index (χ4n) is 4.02. The number of aryl methyl sites for hydroxylation is 1. The van der Waals surface area contributed by atoms with E-state index < -0.39 is 22.2 Å². The van der Waals surface area contributed by atoms with Gasteiger partial charge in [0.1, 0.15) is 11.8 Å². The summed E-state index contributed by atoms with van der Waals surface area (Å²) in [5.74, 6) is -0.123. The molecule has 0 aliphatic carbocycles. The molecule has 0 unspecified atom stereocenters. The van der Waals surface area contributed by atoms with Gasteiger partial charge in [-0.3, -0.25) is 9.59 Å². The zero-order valence-electron chi connectivity index (χ0n) is 16.5. The molecule has 3 aliphatic heterocycles. The average molecular weight is 423 g/mol. The lowest BCUT2D eigenvalue weighted by molar-refractivity contribution is -0.138. The molecule has 3 heterocycles. The van der Waals surface area contributed by atoms with Crippen LogP contribution in [0.4, 0.5) is 5.69 Å². The molecule has 2 amide bonds. The van der Waals surface area contributed by atoms with Crippen LogP contribution in [0.15, 0.2) is 17.0 Å². The predicted octanol–water partition coefficient (Wildman–Crippen LogP) is 0.726. The highest BCUT2D eigenvalue weighted by molar-refractivity contribution is 7.89. The second kappa shape index (κ2) is 7.58. The first-order valence-electron chi connectivity index (χ1n) is 9.79. The van der Waals surface area contributed by atoms with Crippen LogP contribution in [0.3, 0.4) is 0 Å². The number of ether oxygens (including phenoxy) is 2. The van der Waals surface area contributed by atoms with Crippen LogP contribution in [0, 0.1) is 6.92 Å². The second-order valence-corrected chi connectivity index (χ2v) is 9.43. The number of hydrogen-bond donors (Lipinski definition) is 1. The van der Waals surface area contributed by atoms with E-state index in [1.807, 2.05) is 0 Å². The molecular weight excluding hydrogens is 398 g/mol. The first-order valence-corrected chi connectivity index (χ1v) is 11.2. The molecule has 4 rings (SSSR count). The fourth-order valence-corrected chi connectivity index (χ4v) is 5.89. The Hall–Kier alpha value is -2.17. The van der Waals surface area contributed by atoms with Gasteiger partial charge in [0.05, 0.1) is 23.8 Å². The third-order valence-electron chi connectivity index (χ3n) is 5.61. The maximum atomic E-state index is 13.5. The number of nitrogens with one attached hydrogen (secondary N) is 1. The average Bonchev–Trinajstić information content (AvgIpc) is 3.19. The Morgan fingerprint density at radius 1 is 1.21 bits per heavy atom. The molecule has 3 aliphatic rings. The number of hydrogen-bond acceptors (Lipinski definition) is 6. The number of sulfonamides is 1. The maximum Gasteiger partial charge on any atom is 0.265 e. The van der Waals surface area contributed by atoms with Crippen molar-refractivity contribution in [3.05, 3.63) is 17.7 Å². The topological polar surface area (TPSA) is 105 Å². The Balaban J connectivity index is 1.65. The minimum absolute atomic E-state index is 0.0984. The predicted molar refractivity (Wildman–Crippen MR) is 104 cm³/mol. The number of anilines is 1. The van der Waals surface area contributed by atoms with Gasteiger partial charge in [0.2, 0.25) is 15.9 Å². The summed E-state index contributed by atoms with van der Waals surface area (Å²) >= 11 is 0. The normalized spacial score (nSPS) is 25.3. The minimum atomic E-state index is -3.90. The Labute approximate surface area is 170 Å². The molecule has 0 aromatic heterocycles. The summed E-state index contributed by atoms with van der Waals surface area (Å²) in [7, 11) is -3.90. The lowest BCUT2D eigenvalue weighted by Gasteiger charge is -2.32. The molecule has 0 bridgehead atoms. The Kier molecular flexibility index (Phi) is 5.26. The van der Waals surface area contributed by atoms with Gasteiger partial charge >= 0.3 is 0 Å². The van der Waals surface area contributed by atoms with E-state index in [9.17, 15) is 18.0 Å². The van der Waals surface area contributed by atoms with Crippen LogP contribution in [0.5, 0.6) is 5.75 Å². The molecule has 1 aromatic carbocycles. The van der Waals surface area contributed by atoms with Gasteiger partial charge < -0.3 is 19.7 Å². The van der Waals surface area contributed by atoms with Crippen molar-refractivity contribution in [1.29, 1.82) is 0 Å². The molecule has 1 aromatic rings. The summed E-state index contributed by atoms with van der Waals surface area (Å²) in [6.07, 6.45) is 0.430. The summed E-state index contributed by atoms with van der Waals surface area (Å²) in [5, 5.41) is 2.72. The molecule has 158 valence electrons. The smallest absolute Gasteiger partial charge is 0.265 e. The van der Waals surface area contributed by atoms with Crippen molar-refractivity contribution in [3.8, 4) is 5.75 Å². The third-order valence-corrected chi connectivity index (χ3v) is 7.66. The quantitative estimate of drug-likeness (QED) is 0.768. The van der Waals surface area contributed by atoms with Gasteiger partial charge in [-0.2, -0.15) is 4.31 Å². The van der Waals surface area contributed by atoms with Gasteiger partial charge in [-0.25, -0.2) is 8.42 Å². The highest BCUT2D eigenvalue weighted by Gasteiger charge is 2.42. The summed E-state index contributed by atoms with van der Waals surface area (Å²) in [4.78, 5) is 26.6. The van der Waals surface area contributed by atoms with Gasteiger partial charge in [0, 0.05) is 25.7 Å². The van der Waals surface area contributed by atoms with E-state index >= 15 is 0 Å². The Morgan fingerprint density at radius 2 is 1.93 bits per heavy atom. The van der Waals surface area contributed by atoms with Crippen molar-refractivity contribution in [1.82, 2.24) is 9.21 Å². The number of benzene rings is 1. The molecular formula is C19H25N3O6S. The number of morpholine rings is 1. The number of amides is 2. The van der Waals surface area contributed by atoms with Crippen molar-refractivity contribution < 1.29 is 27.5 Å². The molecule has 0 spiro atoms. The van der Waals surface area contributed by atoms with Crippen molar-refractivity contribution in [2.75, 3.05) is 38.2 Å². The molecule has 10 heteroatoms. The molecule has 2 saturated heterocycles. The number of carbonyl (C=O) groups excluding carboxylic acids is 2. The van der Waals surface area contributed by atoms with E-state index in [1.165, 1.54) is 10.4 Å². The lowest BCUT2D eigenvalue weighted by atomic mass is 10.1. The monoisotopic (exact) mass is 423 g/mol. The molecule has 1 N–H and O–H groups in total. The van der Waals surface area contributed by atoms with Gasteiger partial charge in [0.25, 0.3) is 5.91 Å². The number of rotatable bonds is 3. The minimum Gasteiger partial charge on any atom is -0.479 e. The van der Waals surface area contributed by atoms with Crippen molar-refractivity contribution >= 4 is 27.5 Å². The van der Waals surface area contributed by atoms with Crippen LogP contribution in [-0.4, -0.2) is 74.4 Å². The molecule has 0 radical (unpaired) electrons. The van der Waals surface area contributed by atoms with Crippen LogP contribution in [0.25, 0.3) is 0 Å². The maximum absolute atomic E-state index is 13.5. The Morgan fingerprint density at radius 3 is 2.66 bits per heavy atom. The van der Waals surface area contributed by atoms with Gasteiger partial charge in [-0.05, 0) is 38.3 Å². The van der Waals surface area contributed by atoms with Crippen molar-refractivity contribution in [3.63, 3.8) is 0 Å². The molecule has 2 atom stereocenters. The van der Waals surface area contributed by atoms with Crippen LogP contribution < -0.4 is 10.1 Å². The number of nitrogens with zero attached hydrogens (tertiary/aromatic N) is 2. The number of carbonyl (C=O) groups is 2. The first kappa shape index (κ1) is 20.1. The van der Waals surface area contributed by atoms with Crippen LogP contribution in [0.2, 0.25) is 0 Å². The lowest BCUT2D eigenvalue weighted by Crippen LogP contribution is -2.51. The van der Waals surface area contributed by atoms with Gasteiger partial charge in [-0.1, -0.05) is 0 Å². The van der Waals surface area contributed by atoms with Gasteiger partial charge in [-0.15, -0.1) is 0 Å². The van der Waals surface area contributed by atoms with E-state index in [2.05, 4.69) is 5.32 Å². The van der Waals surface area contributed by atoms with Gasteiger partial charge in [0.15, 0.2) is 6.10 Å². The molecule has 9 nitrogen and oxygen atoms in total. The summed E-state index contributed by atoms with van der Waals surface area (Å²) in [6, 6.07) is 2.35. The third kappa shape index (κ3) is 3.60. The highest BCUT2D eigenvalue weighted by atomic mass is 32.2. The van der Waals surface area contributed by atoms with Crippen molar-refractivity contribution in [2.24, 2.45) is 0 Å². The van der Waals surface area contributed by atoms with Crippen LogP contribution in [-0.2, 0) is 24.3 Å². The Bertz CT molecular complexity index is 942. The van der Waals surface area contributed by atoms with E-state index in [1.54, 1.807) is 24.8 Å². The highest BCUT2D eigenvalue weighted by Crippen LogP contribution is 2.37. The molecule has 29 heavy (non-hydrogen) atoms. The molecule has 2 fully saturated rings. The SMILES string of the molecule is Cc1cc2c(cc1S(=O)(=O)N1CCC[C@@H]1C(=O)N1CCOCC1)O[C@H](C)C(=O)N2. The molecule has 0 saturated carbocycles. The largest absolute Gasteiger partial charge is 0.479 e. The van der Waals surface area contributed by atoms with E-state index in [-0.39, 0.29) is 16.7 Å². The summed E-state index contributed by atoms with van der Waals surface area (Å²) < 4.78 is 39.1. The zero-order valence-corrected chi connectivity index (χ0v) is 17.3. The van der Waals surface area contributed by atoms with E-state index in [0.717, 1.165) is 0 Å². The summed E-state index contributed by atoms with van der Waals surface area (Å²) in [6.45, 7) is 5.47. The van der Waals surface area contributed by atoms with Crippen molar-refractivity contribution in [2.45, 2.75) is 43.7 Å².